The molecule has 5 heteroatoms. The molecule has 20 heavy (non-hydrogen) atoms. The zero-order valence-electron chi connectivity index (χ0n) is 12.5. The molecule has 5 nitrogen and oxygen atoms in total. The van der Waals surface area contributed by atoms with Crippen molar-refractivity contribution in [2.75, 3.05) is 12.4 Å². The van der Waals surface area contributed by atoms with E-state index in [1.807, 2.05) is 18.2 Å². The number of hydrogen-bond donors (Lipinski definition) is 2. The molecule has 1 aromatic heterocycles. The van der Waals surface area contributed by atoms with E-state index in [4.69, 9.17) is 10.5 Å². The summed E-state index contributed by atoms with van der Waals surface area (Å²) in [6.07, 6.45) is 5.04. The molecule has 1 aliphatic rings. The van der Waals surface area contributed by atoms with Gasteiger partial charge in [-0.3, -0.25) is 0 Å². The van der Waals surface area contributed by atoms with Crippen molar-refractivity contribution in [2.24, 2.45) is 16.1 Å². The average molecular weight is 276 g/mol. The van der Waals surface area contributed by atoms with Gasteiger partial charge in [0, 0.05) is 18.7 Å². The van der Waals surface area contributed by atoms with Gasteiger partial charge in [-0.2, -0.15) is 0 Å². The first-order chi connectivity index (χ1) is 9.66. The molecule has 0 saturated heterocycles. The van der Waals surface area contributed by atoms with Gasteiger partial charge in [0.2, 0.25) is 0 Å². The molecule has 0 amide bonds. The van der Waals surface area contributed by atoms with Gasteiger partial charge in [0.15, 0.2) is 5.96 Å². The molecule has 1 heterocycles. The molecule has 0 radical (unpaired) electrons. The van der Waals surface area contributed by atoms with E-state index in [1.54, 1.807) is 13.3 Å². The number of nitrogens with zero attached hydrogens (tertiary/aromatic N) is 2. The number of aromatic nitrogens is 1. The van der Waals surface area contributed by atoms with Crippen LogP contribution in [0.15, 0.2) is 29.4 Å². The van der Waals surface area contributed by atoms with Crippen molar-refractivity contribution < 1.29 is 4.74 Å². The highest BCUT2D eigenvalue weighted by atomic mass is 16.5. The standard InChI is InChI=1S/C15H24N4O/c1-4-15(5-2)11(10-12(15)20-3)18-14(16)19-13-8-6-7-9-17-13/h6-9,11-12H,4-5,10H2,1-3H3,(H3,16,17,18,19). The van der Waals surface area contributed by atoms with Gasteiger partial charge in [-0.1, -0.05) is 19.9 Å². The van der Waals surface area contributed by atoms with E-state index in [0.717, 1.165) is 25.1 Å². The number of methoxy groups -OCH3 is 1. The van der Waals surface area contributed by atoms with Crippen LogP contribution in [0, 0.1) is 5.41 Å². The minimum absolute atomic E-state index is 0.116. The predicted octanol–water partition coefficient (Wildman–Crippen LogP) is 2.40. The molecule has 1 saturated carbocycles. The molecule has 1 aromatic rings. The molecular weight excluding hydrogens is 252 g/mol. The molecule has 0 spiro atoms. The van der Waals surface area contributed by atoms with E-state index in [1.165, 1.54) is 0 Å². The zero-order valence-corrected chi connectivity index (χ0v) is 12.5. The number of nitrogens with one attached hydrogen (secondary N) is 1. The lowest BCUT2D eigenvalue weighted by Crippen LogP contribution is -2.57. The third kappa shape index (κ3) is 2.63. The number of ether oxygens (including phenoxy) is 1. The Labute approximate surface area is 120 Å². The van der Waals surface area contributed by atoms with E-state index in [0.29, 0.717) is 5.96 Å². The quantitative estimate of drug-likeness (QED) is 0.640. The summed E-state index contributed by atoms with van der Waals surface area (Å²) < 4.78 is 5.57. The topological polar surface area (TPSA) is 72.5 Å². The molecule has 2 rings (SSSR count). The molecule has 0 aliphatic heterocycles. The van der Waals surface area contributed by atoms with Crippen molar-refractivity contribution >= 4 is 11.8 Å². The van der Waals surface area contributed by atoms with Gasteiger partial charge in [-0.15, -0.1) is 0 Å². The van der Waals surface area contributed by atoms with Crippen molar-refractivity contribution in [3.63, 3.8) is 0 Å². The van der Waals surface area contributed by atoms with Crippen molar-refractivity contribution in [1.29, 1.82) is 0 Å². The fourth-order valence-electron chi connectivity index (χ4n) is 3.18. The summed E-state index contributed by atoms with van der Waals surface area (Å²) in [7, 11) is 1.78. The zero-order chi connectivity index (χ0) is 14.6. The smallest absolute Gasteiger partial charge is 0.194 e. The Morgan fingerprint density at radius 3 is 2.80 bits per heavy atom. The summed E-state index contributed by atoms with van der Waals surface area (Å²) in [5.74, 6) is 1.14. The Morgan fingerprint density at radius 2 is 2.25 bits per heavy atom. The van der Waals surface area contributed by atoms with Crippen LogP contribution in [0.2, 0.25) is 0 Å². The Bertz CT molecular complexity index is 456. The highest BCUT2D eigenvalue weighted by Crippen LogP contribution is 2.50. The van der Waals surface area contributed by atoms with Crippen LogP contribution >= 0.6 is 0 Å². The highest BCUT2D eigenvalue weighted by molar-refractivity contribution is 5.91. The molecule has 0 aromatic carbocycles. The fourth-order valence-corrected chi connectivity index (χ4v) is 3.18. The Kier molecular flexibility index (Phi) is 4.60. The van der Waals surface area contributed by atoms with E-state index in [9.17, 15) is 0 Å². The first-order valence-electron chi connectivity index (χ1n) is 7.20. The van der Waals surface area contributed by atoms with Gasteiger partial charge < -0.3 is 15.8 Å². The molecule has 1 aliphatic carbocycles. The number of aliphatic imine (C=N–C) groups is 1. The fraction of sp³-hybridized carbons (Fsp3) is 0.600. The lowest BCUT2D eigenvalue weighted by Gasteiger charge is -2.53. The van der Waals surface area contributed by atoms with Gasteiger partial charge in [0.1, 0.15) is 5.82 Å². The number of pyridine rings is 1. The van der Waals surface area contributed by atoms with Crippen LogP contribution < -0.4 is 11.1 Å². The third-order valence-corrected chi connectivity index (χ3v) is 4.56. The molecular formula is C15H24N4O. The number of nitrogens with two attached hydrogens (primary N) is 1. The van der Waals surface area contributed by atoms with E-state index in [-0.39, 0.29) is 17.6 Å². The van der Waals surface area contributed by atoms with Gasteiger partial charge >= 0.3 is 0 Å². The minimum Gasteiger partial charge on any atom is -0.381 e. The summed E-state index contributed by atoms with van der Waals surface area (Å²) in [5, 5.41) is 3.04. The van der Waals surface area contributed by atoms with Crippen molar-refractivity contribution in [1.82, 2.24) is 4.98 Å². The van der Waals surface area contributed by atoms with E-state index < -0.39 is 0 Å². The second kappa shape index (κ2) is 6.22. The maximum atomic E-state index is 5.99. The molecule has 1 fully saturated rings. The summed E-state index contributed by atoms with van der Waals surface area (Å²) in [4.78, 5) is 8.82. The predicted molar refractivity (Wildman–Crippen MR) is 81.7 cm³/mol. The van der Waals surface area contributed by atoms with Gasteiger partial charge in [-0.25, -0.2) is 9.98 Å². The van der Waals surface area contributed by atoms with Crippen molar-refractivity contribution in [2.45, 2.75) is 45.3 Å². The number of anilines is 1. The highest BCUT2D eigenvalue weighted by Gasteiger charge is 2.53. The first-order valence-corrected chi connectivity index (χ1v) is 7.20. The molecule has 110 valence electrons. The SMILES string of the molecule is CCC1(CC)C(N=C(N)Nc2ccccn2)CC1OC. The number of guanidine groups is 1. The van der Waals surface area contributed by atoms with Crippen LogP contribution in [0.3, 0.4) is 0 Å². The minimum atomic E-state index is 0.116. The lowest BCUT2D eigenvalue weighted by atomic mass is 9.59. The summed E-state index contributed by atoms with van der Waals surface area (Å²) in [6, 6.07) is 5.87. The maximum absolute atomic E-state index is 5.99. The monoisotopic (exact) mass is 276 g/mol. The normalized spacial score (nSPS) is 25.1. The molecule has 3 N–H and O–H groups in total. The second-order valence-corrected chi connectivity index (χ2v) is 5.27. The van der Waals surface area contributed by atoms with Crippen LogP contribution in [-0.4, -0.2) is 30.2 Å². The molecule has 0 bridgehead atoms. The number of hydrogen-bond acceptors (Lipinski definition) is 3. The van der Waals surface area contributed by atoms with Crippen LogP contribution in [0.5, 0.6) is 0 Å². The first kappa shape index (κ1) is 14.8. The largest absolute Gasteiger partial charge is 0.381 e. The van der Waals surface area contributed by atoms with Crippen LogP contribution in [0.25, 0.3) is 0 Å². The second-order valence-electron chi connectivity index (χ2n) is 5.27. The van der Waals surface area contributed by atoms with Gasteiger partial charge in [0.25, 0.3) is 0 Å². The van der Waals surface area contributed by atoms with E-state index >= 15 is 0 Å². The molecule has 2 unspecified atom stereocenters. The summed E-state index contributed by atoms with van der Waals surface area (Å²) in [5.41, 5.74) is 6.11. The van der Waals surface area contributed by atoms with Crippen LogP contribution in [0.1, 0.15) is 33.1 Å². The lowest BCUT2D eigenvalue weighted by molar-refractivity contribution is -0.111. The van der Waals surface area contributed by atoms with Crippen molar-refractivity contribution in [3.05, 3.63) is 24.4 Å². The molecule has 2 atom stereocenters. The maximum Gasteiger partial charge on any atom is 0.194 e. The van der Waals surface area contributed by atoms with Crippen molar-refractivity contribution in [3.8, 4) is 0 Å². The Morgan fingerprint density at radius 1 is 1.50 bits per heavy atom. The van der Waals surface area contributed by atoms with Gasteiger partial charge in [-0.05, 0) is 31.4 Å². The van der Waals surface area contributed by atoms with Gasteiger partial charge in [0.05, 0.1) is 12.1 Å². The van der Waals surface area contributed by atoms with Crippen LogP contribution in [-0.2, 0) is 4.74 Å². The Balaban J connectivity index is 2.07. The summed E-state index contributed by atoms with van der Waals surface area (Å²) >= 11 is 0. The number of rotatable bonds is 5. The average Bonchev–Trinajstić information content (AvgIpc) is 2.45. The van der Waals surface area contributed by atoms with E-state index in [2.05, 4.69) is 29.1 Å². The third-order valence-electron chi connectivity index (χ3n) is 4.56. The Hall–Kier alpha value is -1.62. The summed E-state index contributed by atoms with van der Waals surface area (Å²) in [6.45, 7) is 4.39. The van der Waals surface area contributed by atoms with Crippen LogP contribution in [0.4, 0.5) is 5.82 Å².